The van der Waals surface area contributed by atoms with Crippen LogP contribution in [0.3, 0.4) is 0 Å². The summed E-state index contributed by atoms with van der Waals surface area (Å²) < 4.78 is 161. The Kier molecular flexibility index (Phi) is 17.8. The maximum atomic E-state index is 17.0. The summed E-state index contributed by atoms with van der Waals surface area (Å²) in [5.74, 6) is -7.08. The van der Waals surface area contributed by atoms with Gasteiger partial charge in [0.2, 0.25) is 5.69 Å². The molecule has 0 fully saturated rings. The van der Waals surface area contributed by atoms with Gasteiger partial charge in [-0.15, -0.1) is 4.33 Å². The topological polar surface area (TPSA) is 255 Å². The standard InChI is InChI=1S/C48H55F3N2O15S4/c1-47(2)34-27-32(69-68-67-56)16-18-38(34)52(22-5-7-25-70(57,58)59)40(47)20-14-30-11-9-12-31(43(30)44-36(49)29-37(50)46(45(44)51)66-24-10-13-42(54)55)15-21-41-48(3,4)35-28-33(72(63,64)65)17-19-39(35)53(41)23-6-8-26-71(60,61)62/h14-21,27-29H,5-13,22-26H2,1-4H3,(H4-,54,55,56,57,58,59,60,61,62,63,64,65)/p+1. The molecule has 0 unspecified atom stereocenters. The minimum absolute atomic E-state index is 0.0508. The smallest absolute Gasteiger partial charge is 0.303 e. The van der Waals surface area contributed by atoms with Crippen LogP contribution in [0.5, 0.6) is 5.75 Å². The molecule has 3 aromatic carbocycles. The highest BCUT2D eigenvalue weighted by Crippen LogP contribution is 2.50. The summed E-state index contributed by atoms with van der Waals surface area (Å²) in [5, 5.41) is 21.7. The van der Waals surface area contributed by atoms with E-state index in [-0.39, 0.29) is 68.5 Å². The van der Waals surface area contributed by atoms with E-state index in [1.165, 1.54) is 18.2 Å². The summed E-state index contributed by atoms with van der Waals surface area (Å²) in [6.45, 7) is 7.49. The average molecular weight is 1090 g/mol. The molecule has 6 rings (SSSR count). The van der Waals surface area contributed by atoms with Crippen molar-refractivity contribution in [1.82, 2.24) is 0 Å². The van der Waals surface area contributed by atoms with Crippen LogP contribution in [0.2, 0.25) is 0 Å². The number of hydrogen-bond acceptors (Lipinski definition) is 13. The third kappa shape index (κ3) is 13.3. The SMILES string of the molecule is CC1(C)C(=CC=C2CCCC(C=CC3=[N+](CCCCS(=O)(=O)O)c4ccc(SOOO)cc4C3(C)C)=C2c2c(F)cc(F)c(OCCCC(=O)O)c2F)N(CCCCS(=O)(=O)O)c2ccc(S(=O)(=O)O)cc21. The molecule has 5 N–H and O–H groups in total. The van der Waals surface area contributed by atoms with E-state index in [0.717, 1.165) is 23.3 Å². The van der Waals surface area contributed by atoms with E-state index in [0.29, 0.717) is 57.6 Å². The number of rotatable bonds is 23. The molecule has 0 amide bonds. The van der Waals surface area contributed by atoms with Crippen molar-refractivity contribution in [3.63, 3.8) is 0 Å². The van der Waals surface area contributed by atoms with E-state index in [1.54, 1.807) is 50.3 Å². The first-order valence-corrected chi connectivity index (χ1v) is 28.1. The van der Waals surface area contributed by atoms with Gasteiger partial charge in [0.15, 0.2) is 23.1 Å². The summed E-state index contributed by atoms with van der Waals surface area (Å²) in [7, 11) is -13.2. The number of carboxylic acid groups (broad SMARTS) is 1. The van der Waals surface area contributed by atoms with Crippen molar-refractivity contribution in [2.24, 2.45) is 0 Å². The van der Waals surface area contributed by atoms with Crippen molar-refractivity contribution in [2.45, 2.75) is 106 Å². The largest absolute Gasteiger partial charge is 0.488 e. The predicted molar refractivity (Wildman–Crippen MR) is 263 cm³/mol. The molecular weight excluding hydrogens is 1030 g/mol. The number of hydrogen-bond donors (Lipinski definition) is 5. The van der Waals surface area contributed by atoms with E-state index in [2.05, 4.69) is 9.37 Å². The van der Waals surface area contributed by atoms with Crippen LogP contribution in [0.25, 0.3) is 5.57 Å². The lowest BCUT2D eigenvalue weighted by Crippen LogP contribution is -2.28. The number of aliphatic carboxylic acids is 1. The Balaban J connectivity index is 1.55. The summed E-state index contributed by atoms with van der Waals surface area (Å²) in [6.07, 6.45) is 8.03. The Morgan fingerprint density at radius 3 is 2.17 bits per heavy atom. The van der Waals surface area contributed by atoms with Crippen molar-refractivity contribution in [3.8, 4) is 5.75 Å². The zero-order valence-corrected chi connectivity index (χ0v) is 43.0. The number of halogens is 3. The number of unbranched alkanes of at least 4 members (excludes halogenated alkanes) is 2. The minimum atomic E-state index is -4.65. The van der Waals surface area contributed by atoms with Crippen molar-refractivity contribution in [3.05, 3.63) is 118 Å². The average Bonchev–Trinajstić information content (AvgIpc) is 3.62. The Bertz CT molecular complexity index is 3110. The second-order valence-electron chi connectivity index (χ2n) is 18.5. The van der Waals surface area contributed by atoms with Gasteiger partial charge in [-0.3, -0.25) is 18.5 Å². The Morgan fingerprint density at radius 2 is 1.51 bits per heavy atom. The summed E-state index contributed by atoms with van der Waals surface area (Å²) >= 11 is 0.744. The Hall–Kier alpha value is -4.89. The van der Waals surface area contributed by atoms with Crippen LogP contribution in [0.4, 0.5) is 24.5 Å². The highest BCUT2D eigenvalue weighted by molar-refractivity contribution is 7.94. The molecule has 0 saturated carbocycles. The van der Waals surface area contributed by atoms with Crippen LogP contribution in [0, 0.1) is 17.5 Å². The highest BCUT2D eigenvalue weighted by Gasteiger charge is 2.45. The molecule has 3 aromatic rings. The first-order valence-electron chi connectivity index (χ1n) is 22.7. The Morgan fingerprint density at radius 1 is 0.819 bits per heavy atom. The van der Waals surface area contributed by atoms with Gasteiger partial charge in [-0.2, -0.15) is 29.8 Å². The molecule has 2 heterocycles. The molecule has 0 spiro atoms. The number of benzene rings is 3. The second kappa shape index (κ2) is 22.7. The van der Waals surface area contributed by atoms with Gasteiger partial charge in [0.1, 0.15) is 12.4 Å². The van der Waals surface area contributed by atoms with Gasteiger partial charge in [0, 0.05) is 64.9 Å². The summed E-state index contributed by atoms with van der Waals surface area (Å²) in [5.41, 5.74) is 2.20. The number of carboxylic acids is 1. The fourth-order valence-corrected chi connectivity index (χ4v) is 11.5. The van der Waals surface area contributed by atoms with E-state index in [4.69, 9.17) is 15.1 Å². The molecule has 0 atom stereocenters. The summed E-state index contributed by atoms with van der Waals surface area (Å²) in [6, 6.07) is 9.87. The maximum Gasteiger partial charge on any atom is 0.303 e. The van der Waals surface area contributed by atoms with Gasteiger partial charge in [-0.25, -0.2) is 18.4 Å². The third-order valence-electron chi connectivity index (χ3n) is 12.8. The quantitative estimate of drug-likeness (QED) is 0.0148. The molecule has 24 heteroatoms. The summed E-state index contributed by atoms with van der Waals surface area (Å²) in [4.78, 5) is 13.2. The zero-order chi connectivity index (χ0) is 53.0. The van der Waals surface area contributed by atoms with Gasteiger partial charge in [-0.1, -0.05) is 31.0 Å². The Labute approximate surface area is 420 Å². The number of ether oxygens (including phenoxy) is 1. The number of nitrogens with zero attached hydrogens (tertiary/aromatic N) is 2. The maximum absolute atomic E-state index is 17.0. The molecular formula is C48H56F3N2O15S4+. The lowest BCUT2D eigenvalue weighted by molar-refractivity contribution is -0.438. The van der Waals surface area contributed by atoms with Crippen LogP contribution in [-0.4, -0.2) is 96.7 Å². The van der Waals surface area contributed by atoms with Crippen molar-refractivity contribution >= 4 is 71.0 Å². The molecule has 0 radical (unpaired) electrons. The third-order valence-corrected chi connectivity index (χ3v) is 15.9. The highest BCUT2D eigenvalue weighted by atomic mass is 32.2. The fourth-order valence-electron chi connectivity index (χ4n) is 9.44. The lowest BCUT2D eigenvalue weighted by Gasteiger charge is -2.28. The number of carbonyl (C=O) groups is 1. The van der Waals surface area contributed by atoms with E-state index in [9.17, 15) is 43.7 Å². The van der Waals surface area contributed by atoms with Gasteiger partial charge < -0.3 is 14.7 Å². The minimum Gasteiger partial charge on any atom is -0.488 e. The molecule has 0 aromatic heterocycles. The van der Waals surface area contributed by atoms with Crippen molar-refractivity contribution < 1.29 is 85.9 Å². The molecule has 1 aliphatic carbocycles. The predicted octanol–water partition coefficient (Wildman–Crippen LogP) is 9.54. The van der Waals surface area contributed by atoms with Crippen molar-refractivity contribution in [2.75, 3.05) is 36.1 Å². The number of allylic oxidation sites excluding steroid dienone is 8. The first-order chi connectivity index (χ1) is 33.7. The van der Waals surface area contributed by atoms with Gasteiger partial charge in [-0.05, 0) is 117 Å². The van der Waals surface area contributed by atoms with Crippen LogP contribution in [0.15, 0.2) is 93.4 Å². The van der Waals surface area contributed by atoms with E-state index < -0.39 is 94.0 Å². The van der Waals surface area contributed by atoms with Crippen LogP contribution < -0.4 is 9.64 Å². The van der Waals surface area contributed by atoms with Crippen LogP contribution in [-0.2, 0) is 55.4 Å². The molecule has 392 valence electrons. The molecule has 3 aliphatic rings. The van der Waals surface area contributed by atoms with Crippen LogP contribution in [0.1, 0.15) is 102 Å². The molecule has 2 aliphatic heterocycles. The fraction of sp³-hybridized carbons (Fsp3) is 0.417. The zero-order valence-electron chi connectivity index (χ0n) is 39.7. The van der Waals surface area contributed by atoms with E-state index in [1.807, 2.05) is 29.4 Å². The molecule has 17 nitrogen and oxygen atoms in total. The molecule has 0 saturated heterocycles. The lowest BCUT2D eigenvalue weighted by atomic mass is 9.79. The van der Waals surface area contributed by atoms with Gasteiger partial charge in [0.25, 0.3) is 30.4 Å². The number of anilines is 1. The molecule has 72 heavy (non-hydrogen) atoms. The van der Waals surface area contributed by atoms with Gasteiger partial charge in [0.05, 0.1) is 46.0 Å². The molecule has 0 bridgehead atoms. The second-order valence-corrected chi connectivity index (χ2v) is 23.9. The monoisotopic (exact) mass is 1090 g/mol. The number of fused-ring (bicyclic) bond motifs is 2. The normalized spacial score (nSPS) is 18.0. The first kappa shape index (κ1) is 56.4. The van der Waals surface area contributed by atoms with Crippen LogP contribution >= 0.6 is 12.0 Å². The van der Waals surface area contributed by atoms with E-state index >= 15 is 13.2 Å². The van der Waals surface area contributed by atoms with Crippen molar-refractivity contribution in [1.29, 1.82) is 0 Å². The van der Waals surface area contributed by atoms with Gasteiger partial charge >= 0.3 is 5.97 Å².